The maximum absolute atomic E-state index is 12.3. The van der Waals surface area contributed by atoms with Gasteiger partial charge in [-0.2, -0.15) is 0 Å². The largest absolute Gasteiger partial charge is 0.355 e. The molecule has 10 heteroatoms. The van der Waals surface area contributed by atoms with Crippen molar-refractivity contribution in [1.82, 2.24) is 30.5 Å². The summed E-state index contributed by atoms with van der Waals surface area (Å²) < 4.78 is 0. The summed E-state index contributed by atoms with van der Waals surface area (Å²) in [5.74, 6) is 2.06. The van der Waals surface area contributed by atoms with Crippen molar-refractivity contribution in [3.8, 4) is 11.3 Å². The van der Waals surface area contributed by atoms with Gasteiger partial charge in [0.15, 0.2) is 0 Å². The zero-order valence-electron chi connectivity index (χ0n) is 21.6. The minimum Gasteiger partial charge on any atom is -0.355 e. The molecule has 5 rings (SSSR count). The molecule has 0 spiro atoms. The zero-order valence-corrected chi connectivity index (χ0v) is 22.3. The Morgan fingerprint density at radius 2 is 2.00 bits per heavy atom. The highest BCUT2D eigenvalue weighted by Gasteiger charge is 2.25. The first-order chi connectivity index (χ1) is 18.7. The number of amides is 1. The molecule has 4 heterocycles. The molecule has 1 unspecified atom stereocenters. The molecule has 0 radical (unpaired) electrons. The second kappa shape index (κ2) is 13.0. The quantitative estimate of drug-likeness (QED) is 0.340. The van der Waals surface area contributed by atoms with Crippen LogP contribution >= 0.6 is 11.6 Å². The van der Waals surface area contributed by atoms with Crippen molar-refractivity contribution in [3.63, 3.8) is 0 Å². The number of carbonyl (C=O) groups excluding carboxylic acids is 1. The minimum absolute atomic E-state index is 0.115. The van der Waals surface area contributed by atoms with E-state index in [-0.39, 0.29) is 5.91 Å². The third kappa shape index (κ3) is 6.98. The summed E-state index contributed by atoms with van der Waals surface area (Å²) >= 11 is 5.96. The van der Waals surface area contributed by atoms with Crippen molar-refractivity contribution in [2.45, 2.75) is 31.2 Å². The van der Waals surface area contributed by atoms with Gasteiger partial charge in [0.05, 0.1) is 12.2 Å². The van der Waals surface area contributed by atoms with E-state index in [9.17, 15) is 4.79 Å². The lowest BCUT2D eigenvalue weighted by molar-refractivity contribution is -0.122. The molecule has 200 valence electrons. The SMILES string of the molecule is O=C(CN1CCNCC1)NCCC1CCCN1c1ccc(-c2ccnc(Nc3cccc(CCl)c3)n2)cn1. The molecule has 2 aromatic heterocycles. The second-order valence-electron chi connectivity index (χ2n) is 9.78. The van der Waals surface area contributed by atoms with Gasteiger partial charge in [-0.05, 0) is 55.2 Å². The average Bonchev–Trinajstić information content (AvgIpc) is 3.42. The van der Waals surface area contributed by atoms with Crippen LogP contribution in [0.4, 0.5) is 17.5 Å². The van der Waals surface area contributed by atoms with Crippen LogP contribution in [0.2, 0.25) is 0 Å². The van der Waals surface area contributed by atoms with Crippen LogP contribution in [0.1, 0.15) is 24.8 Å². The Balaban J connectivity index is 1.16. The molecule has 0 bridgehead atoms. The predicted molar refractivity (Wildman–Crippen MR) is 152 cm³/mol. The monoisotopic (exact) mass is 534 g/mol. The van der Waals surface area contributed by atoms with E-state index in [4.69, 9.17) is 16.6 Å². The van der Waals surface area contributed by atoms with E-state index in [0.29, 0.717) is 31.0 Å². The van der Waals surface area contributed by atoms with Gasteiger partial charge in [-0.15, -0.1) is 11.6 Å². The number of nitrogens with one attached hydrogen (secondary N) is 3. The summed E-state index contributed by atoms with van der Waals surface area (Å²) in [7, 11) is 0. The van der Waals surface area contributed by atoms with Gasteiger partial charge in [-0.1, -0.05) is 12.1 Å². The van der Waals surface area contributed by atoms with Gasteiger partial charge in [-0.3, -0.25) is 9.69 Å². The third-order valence-corrected chi connectivity index (χ3v) is 7.39. The molecule has 0 saturated carbocycles. The smallest absolute Gasteiger partial charge is 0.234 e. The molecule has 1 atom stereocenters. The maximum atomic E-state index is 12.3. The van der Waals surface area contributed by atoms with E-state index in [0.717, 1.165) is 80.3 Å². The number of rotatable bonds is 10. The third-order valence-electron chi connectivity index (χ3n) is 7.08. The van der Waals surface area contributed by atoms with Gasteiger partial charge >= 0.3 is 0 Å². The normalized spacial score (nSPS) is 17.9. The van der Waals surface area contributed by atoms with Crippen LogP contribution in [-0.4, -0.2) is 77.6 Å². The number of hydrogen-bond acceptors (Lipinski definition) is 8. The number of aromatic nitrogens is 3. The van der Waals surface area contributed by atoms with Gasteiger partial charge in [0, 0.05) is 74.8 Å². The summed E-state index contributed by atoms with van der Waals surface area (Å²) in [4.78, 5) is 30.7. The summed E-state index contributed by atoms with van der Waals surface area (Å²) in [5.41, 5.74) is 3.67. The Morgan fingerprint density at radius 1 is 1.11 bits per heavy atom. The summed E-state index contributed by atoms with van der Waals surface area (Å²) in [6, 6.07) is 14.3. The molecule has 3 aromatic rings. The van der Waals surface area contributed by atoms with Crippen molar-refractivity contribution < 1.29 is 4.79 Å². The van der Waals surface area contributed by atoms with Crippen molar-refractivity contribution >= 4 is 35.0 Å². The molecule has 38 heavy (non-hydrogen) atoms. The molecule has 2 fully saturated rings. The molecule has 2 aliphatic heterocycles. The minimum atomic E-state index is 0.115. The van der Waals surface area contributed by atoms with Gasteiger partial charge in [0.1, 0.15) is 5.82 Å². The first kappa shape index (κ1) is 26.3. The van der Waals surface area contributed by atoms with Crippen molar-refractivity contribution in [2.75, 3.05) is 56.0 Å². The highest BCUT2D eigenvalue weighted by molar-refractivity contribution is 6.17. The number of carbonyl (C=O) groups is 1. The molecule has 0 aliphatic carbocycles. The summed E-state index contributed by atoms with van der Waals surface area (Å²) in [6.07, 6.45) is 6.79. The molecule has 2 saturated heterocycles. The van der Waals surface area contributed by atoms with Gasteiger partial charge in [0.25, 0.3) is 0 Å². The molecule has 9 nitrogen and oxygen atoms in total. The lowest BCUT2D eigenvalue weighted by Crippen LogP contribution is -2.47. The lowest BCUT2D eigenvalue weighted by Gasteiger charge is -2.27. The standard InChI is InChI=1S/C28H35ClN8O/c29-18-21-3-1-4-23(17-21)34-28-32-11-9-25(35-28)22-6-7-26(33-19-22)37-14-2-5-24(37)8-10-31-27(38)20-36-15-12-30-13-16-36/h1,3-4,6-7,9,11,17,19,24,30H,2,5,8,10,12-16,18,20H2,(H,31,38)(H,32,34,35). The highest BCUT2D eigenvalue weighted by Crippen LogP contribution is 2.27. The van der Waals surface area contributed by atoms with Crippen LogP contribution in [0.5, 0.6) is 0 Å². The number of alkyl halides is 1. The van der Waals surface area contributed by atoms with Crippen LogP contribution in [-0.2, 0) is 10.7 Å². The number of piperazine rings is 1. The first-order valence-corrected chi connectivity index (χ1v) is 13.9. The Kier molecular flexibility index (Phi) is 9.01. The maximum Gasteiger partial charge on any atom is 0.234 e. The van der Waals surface area contributed by atoms with Crippen LogP contribution in [0, 0.1) is 0 Å². The van der Waals surface area contributed by atoms with E-state index in [1.165, 1.54) is 0 Å². The van der Waals surface area contributed by atoms with E-state index >= 15 is 0 Å². The molecule has 3 N–H and O–H groups in total. The molecule has 1 aromatic carbocycles. The second-order valence-corrected chi connectivity index (χ2v) is 10.1. The van der Waals surface area contributed by atoms with Gasteiger partial charge in [0.2, 0.25) is 11.9 Å². The summed E-state index contributed by atoms with van der Waals surface area (Å²) in [5, 5.41) is 9.69. The van der Waals surface area contributed by atoms with Gasteiger partial charge < -0.3 is 20.9 Å². The number of halogens is 1. The van der Waals surface area contributed by atoms with E-state index in [1.54, 1.807) is 6.20 Å². The number of benzene rings is 1. The van der Waals surface area contributed by atoms with Crippen LogP contribution in [0.15, 0.2) is 54.9 Å². The van der Waals surface area contributed by atoms with Crippen molar-refractivity contribution in [1.29, 1.82) is 0 Å². The van der Waals surface area contributed by atoms with E-state index in [1.807, 2.05) is 36.5 Å². The number of anilines is 3. The summed E-state index contributed by atoms with van der Waals surface area (Å²) in [6.45, 7) is 5.92. The van der Waals surface area contributed by atoms with Crippen molar-refractivity contribution in [2.24, 2.45) is 0 Å². The topological polar surface area (TPSA) is 98.3 Å². The average molecular weight is 535 g/mol. The number of hydrogen-bond donors (Lipinski definition) is 3. The highest BCUT2D eigenvalue weighted by atomic mass is 35.5. The fourth-order valence-electron chi connectivity index (χ4n) is 5.09. The number of nitrogens with zero attached hydrogens (tertiary/aromatic N) is 5. The fourth-order valence-corrected chi connectivity index (χ4v) is 5.26. The lowest BCUT2D eigenvalue weighted by atomic mass is 10.1. The Bertz CT molecular complexity index is 1200. The fraction of sp³-hybridized carbons (Fsp3) is 0.429. The van der Waals surface area contributed by atoms with Crippen LogP contribution in [0.25, 0.3) is 11.3 Å². The van der Waals surface area contributed by atoms with Gasteiger partial charge in [-0.25, -0.2) is 15.0 Å². The van der Waals surface area contributed by atoms with Crippen LogP contribution < -0.4 is 20.9 Å². The predicted octanol–water partition coefficient (Wildman–Crippen LogP) is 3.40. The Hall–Kier alpha value is -3.27. The van der Waals surface area contributed by atoms with E-state index in [2.05, 4.69) is 47.9 Å². The Labute approximate surface area is 229 Å². The molecule has 2 aliphatic rings. The van der Waals surface area contributed by atoms with E-state index < -0.39 is 0 Å². The molecular weight excluding hydrogens is 500 g/mol. The Morgan fingerprint density at radius 3 is 2.82 bits per heavy atom. The molecule has 1 amide bonds. The molecular formula is C28H35ClN8O. The van der Waals surface area contributed by atoms with Crippen molar-refractivity contribution in [3.05, 3.63) is 60.4 Å². The zero-order chi connectivity index (χ0) is 26.2. The number of pyridine rings is 1. The van der Waals surface area contributed by atoms with Crippen LogP contribution in [0.3, 0.4) is 0 Å². The first-order valence-electron chi connectivity index (χ1n) is 13.4.